The second kappa shape index (κ2) is 5.60. The third kappa shape index (κ3) is 3.05. The summed E-state index contributed by atoms with van der Waals surface area (Å²) in [6, 6.07) is 9.43. The van der Waals surface area contributed by atoms with Crippen LogP contribution in [0, 0.1) is 5.82 Å². The van der Waals surface area contributed by atoms with E-state index < -0.39 is 6.10 Å². The van der Waals surface area contributed by atoms with Crippen molar-refractivity contribution in [3.8, 4) is 5.88 Å². The molecule has 0 spiro atoms. The van der Waals surface area contributed by atoms with Gasteiger partial charge < -0.3 is 9.84 Å². The van der Waals surface area contributed by atoms with E-state index in [1.807, 2.05) is 6.07 Å². The van der Waals surface area contributed by atoms with Gasteiger partial charge in [-0.1, -0.05) is 18.2 Å². The largest absolute Gasteiger partial charge is 0.481 e. The van der Waals surface area contributed by atoms with Gasteiger partial charge in [-0.2, -0.15) is 0 Å². The third-order valence-electron chi connectivity index (χ3n) is 2.69. The number of hydrogen-bond donors (Lipinski definition) is 1. The Kier molecular flexibility index (Phi) is 3.89. The van der Waals surface area contributed by atoms with Crippen LogP contribution in [0.3, 0.4) is 0 Å². The molecule has 1 aromatic heterocycles. The molecule has 0 amide bonds. The lowest BCUT2D eigenvalue weighted by Gasteiger charge is -2.11. The van der Waals surface area contributed by atoms with Gasteiger partial charge in [-0.3, -0.25) is 0 Å². The van der Waals surface area contributed by atoms with Gasteiger partial charge in [0.2, 0.25) is 5.88 Å². The van der Waals surface area contributed by atoms with Crippen LogP contribution in [-0.2, 0) is 6.42 Å². The predicted octanol–water partition coefficient (Wildman–Crippen LogP) is 2.51. The number of benzene rings is 1. The molecule has 0 radical (unpaired) electrons. The Balaban J connectivity index is 2.05. The molecule has 18 heavy (non-hydrogen) atoms. The van der Waals surface area contributed by atoms with Crippen LogP contribution in [0.1, 0.15) is 17.2 Å². The minimum Gasteiger partial charge on any atom is -0.481 e. The van der Waals surface area contributed by atoms with Crippen LogP contribution in [-0.4, -0.2) is 17.2 Å². The van der Waals surface area contributed by atoms with E-state index in [4.69, 9.17) is 4.74 Å². The summed E-state index contributed by atoms with van der Waals surface area (Å²) in [6.45, 7) is 0. The predicted molar refractivity (Wildman–Crippen MR) is 65.9 cm³/mol. The molecule has 0 aliphatic heterocycles. The van der Waals surface area contributed by atoms with Gasteiger partial charge in [0.1, 0.15) is 5.82 Å². The molecule has 3 nitrogen and oxygen atoms in total. The van der Waals surface area contributed by atoms with Crippen LogP contribution in [0.25, 0.3) is 0 Å². The van der Waals surface area contributed by atoms with Crippen LogP contribution >= 0.6 is 0 Å². The average Bonchev–Trinajstić information content (AvgIpc) is 2.40. The summed E-state index contributed by atoms with van der Waals surface area (Å²) in [5, 5.41) is 10.0. The fraction of sp³-hybridized carbons (Fsp3) is 0.214. The van der Waals surface area contributed by atoms with Crippen molar-refractivity contribution in [2.24, 2.45) is 0 Å². The second-order valence-corrected chi connectivity index (χ2v) is 3.98. The van der Waals surface area contributed by atoms with Crippen molar-refractivity contribution in [3.05, 3.63) is 59.5 Å². The van der Waals surface area contributed by atoms with Gasteiger partial charge in [-0.25, -0.2) is 9.37 Å². The van der Waals surface area contributed by atoms with E-state index in [9.17, 15) is 9.50 Å². The number of aromatic nitrogens is 1. The van der Waals surface area contributed by atoms with Crippen molar-refractivity contribution in [3.63, 3.8) is 0 Å². The highest BCUT2D eigenvalue weighted by atomic mass is 19.1. The first-order chi connectivity index (χ1) is 8.69. The summed E-state index contributed by atoms with van der Waals surface area (Å²) < 4.78 is 17.7. The molecule has 94 valence electrons. The van der Waals surface area contributed by atoms with E-state index in [1.165, 1.54) is 12.1 Å². The first-order valence-corrected chi connectivity index (χ1v) is 5.61. The summed E-state index contributed by atoms with van der Waals surface area (Å²) in [5.74, 6) is 0.229. The Bertz CT molecular complexity index is 496. The molecule has 2 rings (SSSR count). The first kappa shape index (κ1) is 12.5. The highest BCUT2D eigenvalue weighted by Crippen LogP contribution is 2.19. The third-order valence-corrected chi connectivity index (χ3v) is 2.69. The summed E-state index contributed by atoms with van der Waals surface area (Å²) in [4.78, 5) is 4.06. The lowest BCUT2D eigenvalue weighted by Crippen LogP contribution is -2.02. The Hall–Kier alpha value is -1.94. The normalized spacial score (nSPS) is 12.2. The van der Waals surface area contributed by atoms with Gasteiger partial charge in [-0.05, 0) is 23.3 Å². The molecule has 1 atom stereocenters. The van der Waals surface area contributed by atoms with Gasteiger partial charge in [0.05, 0.1) is 13.2 Å². The van der Waals surface area contributed by atoms with E-state index >= 15 is 0 Å². The van der Waals surface area contributed by atoms with Crippen molar-refractivity contribution in [1.82, 2.24) is 4.98 Å². The number of nitrogens with zero attached hydrogens (tertiary/aromatic N) is 1. The highest BCUT2D eigenvalue weighted by molar-refractivity contribution is 5.23. The monoisotopic (exact) mass is 247 g/mol. The Labute approximate surface area is 105 Å². The van der Waals surface area contributed by atoms with Crippen molar-refractivity contribution in [2.75, 3.05) is 7.11 Å². The molecular weight excluding hydrogens is 233 g/mol. The molecule has 1 unspecified atom stereocenters. The molecule has 4 heteroatoms. The molecule has 2 aromatic rings. The van der Waals surface area contributed by atoms with E-state index in [-0.39, 0.29) is 5.82 Å². The molecule has 1 heterocycles. The lowest BCUT2D eigenvalue weighted by molar-refractivity contribution is 0.178. The average molecular weight is 247 g/mol. The summed E-state index contributed by atoms with van der Waals surface area (Å²) in [7, 11) is 1.55. The molecule has 1 N–H and O–H groups in total. The second-order valence-electron chi connectivity index (χ2n) is 3.98. The smallest absolute Gasteiger partial charge is 0.212 e. The maximum Gasteiger partial charge on any atom is 0.212 e. The van der Waals surface area contributed by atoms with Crippen LogP contribution in [0.5, 0.6) is 5.88 Å². The molecule has 0 fully saturated rings. The Morgan fingerprint density at radius 3 is 2.50 bits per heavy atom. The zero-order valence-corrected chi connectivity index (χ0v) is 10.0. The molecule has 0 saturated carbocycles. The van der Waals surface area contributed by atoms with Crippen LogP contribution < -0.4 is 4.74 Å². The van der Waals surface area contributed by atoms with Crippen molar-refractivity contribution >= 4 is 0 Å². The number of hydrogen-bond acceptors (Lipinski definition) is 3. The summed E-state index contributed by atoms with van der Waals surface area (Å²) in [6.07, 6.45) is 1.43. The number of methoxy groups -OCH3 is 1. The van der Waals surface area contributed by atoms with E-state index in [0.717, 1.165) is 5.56 Å². The Morgan fingerprint density at radius 1 is 1.22 bits per heavy atom. The number of pyridine rings is 1. The van der Waals surface area contributed by atoms with E-state index in [2.05, 4.69) is 4.98 Å². The number of aliphatic hydroxyl groups excluding tert-OH is 1. The standard InChI is InChI=1S/C14H14FNO2/c1-18-14-7-2-10(9-16-14)8-13(17)11-3-5-12(15)6-4-11/h2-7,9,13,17H,8H2,1H3. The molecule has 1 aromatic carbocycles. The number of rotatable bonds is 4. The molecule has 0 aliphatic carbocycles. The zero-order chi connectivity index (χ0) is 13.0. The molecule has 0 saturated heterocycles. The topological polar surface area (TPSA) is 42.4 Å². The van der Waals surface area contributed by atoms with Gasteiger partial charge in [0.25, 0.3) is 0 Å². The van der Waals surface area contributed by atoms with Crippen molar-refractivity contribution in [2.45, 2.75) is 12.5 Å². The lowest BCUT2D eigenvalue weighted by atomic mass is 10.0. The van der Waals surface area contributed by atoms with E-state index in [1.54, 1.807) is 31.5 Å². The number of aliphatic hydroxyl groups is 1. The summed E-state index contributed by atoms with van der Waals surface area (Å²) >= 11 is 0. The molecule has 0 aliphatic rings. The number of halogens is 1. The quantitative estimate of drug-likeness (QED) is 0.902. The van der Waals surface area contributed by atoms with Crippen LogP contribution in [0.15, 0.2) is 42.6 Å². The highest BCUT2D eigenvalue weighted by Gasteiger charge is 2.09. The van der Waals surface area contributed by atoms with Gasteiger partial charge in [-0.15, -0.1) is 0 Å². The minimum absolute atomic E-state index is 0.308. The summed E-state index contributed by atoms with van der Waals surface area (Å²) in [5.41, 5.74) is 1.58. The van der Waals surface area contributed by atoms with Crippen LogP contribution in [0.4, 0.5) is 4.39 Å². The van der Waals surface area contributed by atoms with E-state index in [0.29, 0.717) is 17.9 Å². The van der Waals surface area contributed by atoms with Gasteiger partial charge in [0, 0.05) is 18.7 Å². The maximum absolute atomic E-state index is 12.8. The molecule has 0 bridgehead atoms. The fourth-order valence-corrected chi connectivity index (χ4v) is 1.68. The minimum atomic E-state index is -0.666. The fourth-order valence-electron chi connectivity index (χ4n) is 1.68. The first-order valence-electron chi connectivity index (χ1n) is 5.61. The Morgan fingerprint density at radius 2 is 1.94 bits per heavy atom. The van der Waals surface area contributed by atoms with Crippen molar-refractivity contribution < 1.29 is 14.2 Å². The maximum atomic E-state index is 12.8. The van der Waals surface area contributed by atoms with Crippen LogP contribution in [0.2, 0.25) is 0 Å². The zero-order valence-electron chi connectivity index (χ0n) is 10.0. The van der Waals surface area contributed by atoms with Gasteiger partial charge in [0.15, 0.2) is 0 Å². The number of ether oxygens (including phenoxy) is 1. The van der Waals surface area contributed by atoms with Gasteiger partial charge >= 0.3 is 0 Å². The SMILES string of the molecule is COc1ccc(CC(O)c2ccc(F)cc2)cn1. The molecular formula is C14H14FNO2. The van der Waals surface area contributed by atoms with Crippen molar-refractivity contribution in [1.29, 1.82) is 0 Å².